The van der Waals surface area contributed by atoms with Gasteiger partial charge in [0.2, 0.25) is 5.91 Å². The number of carbonyl (C=O) groups is 3. The molecule has 1 aromatic carbocycles. The first-order valence-electron chi connectivity index (χ1n) is 8.17. The van der Waals surface area contributed by atoms with Crippen molar-refractivity contribution in [3.05, 3.63) is 24.3 Å². The number of rotatable bonds is 5. The molecule has 2 heterocycles. The second kappa shape index (κ2) is 7.52. The molecular formula is C17H20N2O6. The zero-order valence-electron chi connectivity index (χ0n) is 13.7. The molecular weight excluding hydrogens is 328 g/mol. The minimum Gasteiger partial charge on any atom is -0.482 e. The number of carbonyl (C=O) groups excluding carboxylic acids is 2. The van der Waals surface area contributed by atoms with E-state index in [-0.39, 0.29) is 44.4 Å². The molecule has 3 rings (SSSR count). The van der Waals surface area contributed by atoms with Crippen LogP contribution in [0.4, 0.5) is 5.69 Å². The molecule has 1 atom stereocenters. The van der Waals surface area contributed by atoms with E-state index in [9.17, 15) is 14.4 Å². The predicted molar refractivity (Wildman–Crippen MR) is 87.5 cm³/mol. The number of carboxylic acid groups (broad SMARTS) is 1. The van der Waals surface area contributed by atoms with Crippen LogP contribution in [0.5, 0.6) is 5.75 Å². The predicted octanol–water partition coefficient (Wildman–Crippen LogP) is 0.504. The number of aliphatic carboxylic acids is 1. The maximum Gasteiger partial charge on any atom is 0.305 e. The van der Waals surface area contributed by atoms with Gasteiger partial charge in [0.1, 0.15) is 5.75 Å². The fourth-order valence-corrected chi connectivity index (χ4v) is 3.10. The third-order valence-electron chi connectivity index (χ3n) is 4.32. The summed E-state index contributed by atoms with van der Waals surface area (Å²) in [6, 6.07) is 6.72. The van der Waals surface area contributed by atoms with E-state index in [0.29, 0.717) is 24.6 Å². The molecule has 134 valence electrons. The molecule has 25 heavy (non-hydrogen) atoms. The molecule has 0 saturated carbocycles. The number of ether oxygens (including phenoxy) is 2. The normalized spacial score (nSPS) is 20.0. The standard InChI is InChI=1S/C17H20N2O6/c20-15(18-7-8-24-10-12(18)9-17(22)23)5-6-19-13-3-1-2-4-14(13)25-11-16(19)21/h1-4,12H,5-11H2,(H,22,23). The smallest absolute Gasteiger partial charge is 0.305 e. The third kappa shape index (κ3) is 3.90. The lowest BCUT2D eigenvalue weighted by Crippen LogP contribution is -2.50. The zero-order chi connectivity index (χ0) is 17.8. The average molecular weight is 348 g/mol. The highest BCUT2D eigenvalue weighted by molar-refractivity contribution is 5.98. The second-order valence-electron chi connectivity index (χ2n) is 5.97. The van der Waals surface area contributed by atoms with Gasteiger partial charge in [-0.1, -0.05) is 12.1 Å². The van der Waals surface area contributed by atoms with Crippen molar-refractivity contribution < 1.29 is 29.0 Å². The van der Waals surface area contributed by atoms with Crippen molar-refractivity contribution in [3.63, 3.8) is 0 Å². The van der Waals surface area contributed by atoms with Gasteiger partial charge < -0.3 is 24.4 Å². The van der Waals surface area contributed by atoms with Crippen molar-refractivity contribution in [2.24, 2.45) is 0 Å². The van der Waals surface area contributed by atoms with E-state index < -0.39 is 12.0 Å². The number of amides is 2. The van der Waals surface area contributed by atoms with Crippen molar-refractivity contribution in [1.29, 1.82) is 0 Å². The first-order chi connectivity index (χ1) is 12.1. The van der Waals surface area contributed by atoms with Crippen LogP contribution >= 0.6 is 0 Å². The third-order valence-corrected chi connectivity index (χ3v) is 4.32. The van der Waals surface area contributed by atoms with E-state index in [4.69, 9.17) is 14.6 Å². The molecule has 0 aromatic heterocycles. The Morgan fingerprint density at radius 3 is 2.88 bits per heavy atom. The van der Waals surface area contributed by atoms with Crippen molar-refractivity contribution in [3.8, 4) is 5.75 Å². The molecule has 1 saturated heterocycles. The molecule has 8 nitrogen and oxygen atoms in total. The lowest BCUT2D eigenvalue weighted by atomic mass is 10.1. The molecule has 1 unspecified atom stereocenters. The van der Waals surface area contributed by atoms with Crippen LogP contribution in [-0.2, 0) is 19.1 Å². The molecule has 1 N–H and O–H groups in total. The van der Waals surface area contributed by atoms with Crippen molar-refractivity contribution in [1.82, 2.24) is 4.90 Å². The Bertz CT molecular complexity index is 677. The fourth-order valence-electron chi connectivity index (χ4n) is 3.10. The number of benzene rings is 1. The highest BCUT2D eigenvalue weighted by Gasteiger charge is 2.31. The highest BCUT2D eigenvalue weighted by atomic mass is 16.5. The Kier molecular flexibility index (Phi) is 5.18. The van der Waals surface area contributed by atoms with Gasteiger partial charge in [0, 0.05) is 19.5 Å². The molecule has 2 amide bonds. The zero-order valence-corrected chi connectivity index (χ0v) is 13.7. The summed E-state index contributed by atoms with van der Waals surface area (Å²) in [6.07, 6.45) is -0.0265. The summed E-state index contributed by atoms with van der Waals surface area (Å²) in [5.41, 5.74) is 0.649. The lowest BCUT2D eigenvalue weighted by Gasteiger charge is -2.36. The fraction of sp³-hybridized carbons (Fsp3) is 0.471. The number of fused-ring (bicyclic) bond motifs is 1. The van der Waals surface area contributed by atoms with E-state index >= 15 is 0 Å². The summed E-state index contributed by atoms with van der Waals surface area (Å²) in [6.45, 7) is 1.16. The first-order valence-corrected chi connectivity index (χ1v) is 8.17. The van der Waals surface area contributed by atoms with Crippen LogP contribution in [0.2, 0.25) is 0 Å². The van der Waals surface area contributed by atoms with Gasteiger partial charge >= 0.3 is 5.97 Å². The summed E-state index contributed by atoms with van der Waals surface area (Å²) < 4.78 is 10.7. The topological polar surface area (TPSA) is 96.4 Å². The van der Waals surface area contributed by atoms with Crippen LogP contribution in [0.25, 0.3) is 0 Å². The minimum atomic E-state index is -0.967. The largest absolute Gasteiger partial charge is 0.482 e. The number of anilines is 1. The number of carboxylic acids is 1. The van der Waals surface area contributed by atoms with E-state index in [1.165, 1.54) is 0 Å². The van der Waals surface area contributed by atoms with Crippen molar-refractivity contribution in [2.75, 3.05) is 37.8 Å². The molecule has 0 bridgehead atoms. The molecule has 0 aliphatic carbocycles. The average Bonchev–Trinajstić information content (AvgIpc) is 2.60. The summed E-state index contributed by atoms with van der Waals surface area (Å²) in [5, 5.41) is 8.98. The molecule has 1 fully saturated rings. The number of morpholine rings is 1. The molecule has 1 aromatic rings. The van der Waals surface area contributed by atoms with Crippen LogP contribution in [0.15, 0.2) is 24.3 Å². The van der Waals surface area contributed by atoms with Gasteiger partial charge in [-0.25, -0.2) is 0 Å². The molecule has 2 aliphatic rings. The lowest BCUT2D eigenvalue weighted by molar-refractivity contribution is -0.146. The van der Waals surface area contributed by atoms with Crippen LogP contribution < -0.4 is 9.64 Å². The van der Waals surface area contributed by atoms with Crippen molar-refractivity contribution in [2.45, 2.75) is 18.9 Å². The maximum absolute atomic E-state index is 12.6. The number of para-hydroxylation sites is 2. The Labute approximate surface area is 144 Å². The molecule has 8 heteroatoms. The summed E-state index contributed by atoms with van der Waals surface area (Å²) in [4.78, 5) is 38.7. The SMILES string of the molecule is O=C(O)CC1COCCN1C(=O)CCN1C(=O)COc2ccccc21. The van der Waals surface area contributed by atoms with E-state index in [0.717, 1.165) is 0 Å². The monoisotopic (exact) mass is 348 g/mol. The van der Waals surface area contributed by atoms with Crippen LogP contribution in [0.1, 0.15) is 12.8 Å². The summed E-state index contributed by atoms with van der Waals surface area (Å²) in [7, 11) is 0. The van der Waals surface area contributed by atoms with Crippen LogP contribution in [0, 0.1) is 0 Å². The molecule has 2 aliphatic heterocycles. The van der Waals surface area contributed by atoms with Gasteiger partial charge in [0.05, 0.1) is 31.4 Å². The molecule has 0 radical (unpaired) electrons. The number of hydrogen-bond donors (Lipinski definition) is 1. The van der Waals surface area contributed by atoms with E-state index in [1.54, 1.807) is 28.0 Å². The van der Waals surface area contributed by atoms with Gasteiger partial charge in [-0.2, -0.15) is 0 Å². The van der Waals surface area contributed by atoms with Gasteiger partial charge in [0.15, 0.2) is 6.61 Å². The second-order valence-corrected chi connectivity index (χ2v) is 5.97. The van der Waals surface area contributed by atoms with Gasteiger partial charge in [-0.3, -0.25) is 14.4 Å². The van der Waals surface area contributed by atoms with E-state index in [2.05, 4.69) is 0 Å². The van der Waals surface area contributed by atoms with E-state index in [1.807, 2.05) is 6.07 Å². The Morgan fingerprint density at radius 1 is 1.28 bits per heavy atom. The first kappa shape index (κ1) is 17.2. The van der Waals surface area contributed by atoms with Crippen LogP contribution in [-0.4, -0.2) is 66.7 Å². The maximum atomic E-state index is 12.6. The number of hydrogen-bond acceptors (Lipinski definition) is 5. The highest BCUT2D eigenvalue weighted by Crippen LogP contribution is 2.31. The Morgan fingerprint density at radius 2 is 2.08 bits per heavy atom. The van der Waals surface area contributed by atoms with Gasteiger partial charge in [-0.05, 0) is 12.1 Å². The van der Waals surface area contributed by atoms with Gasteiger partial charge in [-0.15, -0.1) is 0 Å². The number of nitrogens with zero attached hydrogens (tertiary/aromatic N) is 2. The summed E-state index contributed by atoms with van der Waals surface area (Å²) in [5.74, 6) is -0.725. The minimum absolute atomic E-state index is 0.0512. The van der Waals surface area contributed by atoms with Crippen LogP contribution in [0.3, 0.4) is 0 Å². The molecule has 0 spiro atoms. The summed E-state index contributed by atoms with van der Waals surface area (Å²) >= 11 is 0. The van der Waals surface area contributed by atoms with Gasteiger partial charge in [0.25, 0.3) is 5.91 Å². The quantitative estimate of drug-likeness (QED) is 0.833. The van der Waals surface area contributed by atoms with Crippen molar-refractivity contribution >= 4 is 23.5 Å². The Hall–Kier alpha value is -2.61. The Balaban J connectivity index is 1.65.